The van der Waals surface area contributed by atoms with Gasteiger partial charge in [-0.15, -0.1) is 0 Å². The van der Waals surface area contributed by atoms with E-state index in [9.17, 15) is 0 Å². The minimum absolute atomic E-state index is 0.399. The van der Waals surface area contributed by atoms with Crippen LogP contribution in [0.4, 0.5) is 23.1 Å². The van der Waals surface area contributed by atoms with E-state index in [1.54, 1.807) is 0 Å². The summed E-state index contributed by atoms with van der Waals surface area (Å²) in [5.41, 5.74) is 2.66. The van der Waals surface area contributed by atoms with Crippen LogP contribution >= 0.6 is 0 Å². The number of piperazine rings is 1. The summed E-state index contributed by atoms with van der Waals surface area (Å²) in [6, 6.07) is 17.3. The van der Waals surface area contributed by atoms with Crippen LogP contribution in [0, 0.1) is 6.92 Å². The summed E-state index contributed by atoms with van der Waals surface area (Å²) < 4.78 is 0. The van der Waals surface area contributed by atoms with Gasteiger partial charge in [0.25, 0.3) is 0 Å². The zero-order chi connectivity index (χ0) is 19.8. The van der Waals surface area contributed by atoms with E-state index >= 15 is 0 Å². The molecule has 0 aliphatic carbocycles. The molecule has 0 radical (unpaired) electrons. The Morgan fingerprint density at radius 3 is 2.28 bits per heavy atom. The second-order valence-electron chi connectivity index (χ2n) is 7.85. The van der Waals surface area contributed by atoms with Crippen LogP contribution in [0.1, 0.15) is 18.3 Å². The summed E-state index contributed by atoms with van der Waals surface area (Å²) in [7, 11) is 0. The molecule has 1 unspecified atom stereocenters. The SMILES string of the molecule is Cc1nc(N2CCN(c3ccccn3)CC2)cc(N2c3ccccc3CC2C)n1. The molecule has 5 rings (SSSR count). The summed E-state index contributed by atoms with van der Waals surface area (Å²) in [5, 5.41) is 0. The molecule has 2 aliphatic rings. The van der Waals surface area contributed by atoms with Gasteiger partial charge >= 0.3 is 0 Å². The largest absolute Gasteiger partial charge is 0.353 e. The molecule has 1 fully saturated rings. The van der Waals surface area contributed by atoms with Crippen molar-refractivity contribution in [1.29, 1.82) is 0 Å². The van der Waals surface area contributed by atoms with Crippen LogP contribution in [0.15, 0.2) is 54.7 Å². The third-order valence-corrected chi connectivity index (χ3v) is 5.84. The third-order valence-electron chi connectivity index (χ3n) is 5.84. The molecule has 4 heterocycles. The Morgan fingerprint density at radius 2 is 1.52 bits per heavy atom. The normalized spacial score (nSPS) is 18.8. The minimum atomic E-state index is 0.399. The van der Waals surface area contributed by atoms with Crippen molar-refractivity contribution < 1.29 is 0 Å². The Bertz CT molecular complexity index is 997. The average Bonchev–Trinajstić information content (AvgIpc) is 3.10. The van der Waals surface area contributed by atoms with Gasteiger partial charge in [-0.2, -0.15) is 0 Å². The number of anilines is 4. The maximum Gasteiger partial charge on any atom is 0.139 e. The van der Waals surface area contributed by atoms with Crippen LogP contribution in [-0.4, -0.2) is 47.2 Å². The quantitative estimate of drug-likeness (QED) is 0.686. The van der Waals surface area contributed by atoms with E-state index in [2.05, 4.69) is 63.0 Å². The maximum absolute atomic E-state index is 4.79. The van der Waals surface area contributed by atoms with Crippen LogP contribution in [0.2, 0.25) is 0 Å². The molecule has 1 aromatic carbocycles. The molecule has 2 aromatic heterocycles. The number of hydrogen-bond donors (Lipinski definition) is 0. The smallest absolute Gasteiger partial charge is 0.139 e. The molecule has 0 bridgehead atoms. The van der Waals surface area contributed by atoms with Crippen molar-refractivity contribution in [2.45, 2.75) is 26.3 Å². The van der Waals surface area contributed by atoms with Crippen molar-refractivity contribution in [2.24, 2.45) is 0 Å². The Morgan fingerprint density at radius 1 is 0.828 bits per heavy atom. The summed E-state index contributed by atoms with van der Waals surface area (Å²) in [5.74, 6) is 3.89. The number of aromatic nitrogens is 3. The first-order valence-corrected chi connectivity index (χ1v) is 10.3. The minimum Gasteiger partial charge on any atom is -0.353 e. The summed E-state index contributed by atoms with van der Waals surface area (Å²) in [4.78, 5) is 21.1. The molecule has 0 saturated carbocycles. The van der Waals surface area contributed by atoms with Crippen molar-refractivity contribution in [3.05, 3.63) is 66.1 Å². The zero-order valence-electron chi connectivity index (χ0n) is 17.0. The fourth-order valence-electron chi connectivity index (χ4n) is 4.44. The fourth-order valence-corrected chi connectivity index (χ4v) is 4.44. The molecule has 0 spiro atoms. The van der Waals surface area contributed by atoms with Gasteiger partial charge in [-0.1, -0.05) is 24.3 Å². The second kappa shape index (κ2) is 7.35. The molecule has 1 saturated heterocycles. The Kier molecular flexibility index (Phi) is 4.54. The average molecular weight is 387 g/mol. The standard InChI is InChI=1S/C23H26N6/c1-17-15-19-7-3-4-8-20(19)29(17)23-16-22(25-18(2)26-23)28-13-11-27(12-14-28)21-9-5-6-10-24-21/h3-10,16-17H,11-15H2,1-2H3. The predicted octanol–water partition coefficient (Wildman–Crippen LogP) is 3.59. The lowest BCUT2D eigenvalue weighted by atomic mass is 10.1. The van der Waals surface area contributed by atoms with Crippen molar-refractivity contribution in [3.8, 4) is 0 Å². The van der Waals surface area contributed by atoms with E-state index in [4.69, 9.17) is 9.97 Å². The molecule has 6 nitrogen and oxygen atoms in total. The van der Waals surface area contributed by atoms with Crippen LogP contribution in [0.25, 0.3) is 0 Å². The molecule has 0 N–H and O–H groups in total. The number of nitrogens with zero attached hydrogens (tertiary/aromatic N) is 6. The van der Waals surface area contributed by atoms with Crippen molar-refractivity contribution >= 4 is 23.1 Å². The van der Waals surface area contributed by atoms with Gasteiger partial charge < -0.3 is 14.7 Å². The molecule has 2 aliphatic heterocycles. The molecule has 1 atom stereocenters. The highest BCUT2D eigenvalue weighted by Gasteiger charge is 2.29. The maximum atomic E-state index is 4.79. The topological polar surface area (TPSA) is 48.4 Å². The van der Waals surface area contributed by atoms with Gasteiger partial charge in [0.1, 0.15) is 23.3 Å². The first kappa shape index (κ1) is 17.9. The highest BCUT2D eigenvalue weighted by atomic mass is 15.3. The number of pyridine rings is 1. The number of benzene rings is 1. The number of aryl methyl sites for hydroxylation is 1. The fraction of sp³-hybridized carbons (Fsp3) is 0.348. The van der Waals surface area contributed by atoms with Crippen LogP contribution in [0.5, 0.6) is 0 Å². The number of fused-ring (bicyclic) bond motifs is 1. The lowest BCUT2D eigenvalue weighted by Gasteiger charge is -2.36. The van der Waals surface area contributed by atoms with Crippen molar-refractivity contribution in [1.82, 2.24) is 15.0 Å². The number of hydrogen-bond acceptors (Lipinski definition) is 6. The van der Waals surface area contributed by atoms with Gasteiger partial charge in [-0.05, 0) is 44.0 Å². The van der Waals surface area contributed by atoms with Crippen molar-refractivity contribution in [3.63, 3.8) is 0 Å². The molecule has 3 aromatic rings. The first-order chi connectivity index (χ1) is 14.2. The van der Waals surface area contributed by atoms with Gasteiger partial charge in [-0.3, -0.25) is 0 Å². The molecule has 0 amide bonds. The molecule has 148 valence electrons. The molecule has 29 heavy (non-hydrogen) atoms. The highest BCUT2D eigenvalue weighted by Crippen LogP contribution is 2.38. The van der Waals surface area contributed by atoms with Crippen LogP contribution in [0.3, 0.4) is 0 Å². The van der Waals surface area contributed by atoms with E-state index in [1.807, 2.05) is 25.3 Å². The lowest BCUT2D eigenvalue weighted by Crippen LogP contribution is -2.47. The molecular weight excluding hydrogens is 360 g/mol. The Hall–Kier alpha value is -3.15. The number of para-hydroxylation sites is 1. The summed E-state index contributed by atoms with van der Waals surface area (Å²) in [6.45, 7) is 8.00. The van der Waals surface area contributed by atoms with Gasteiger partial charge in [-0.25, -0.2) is 15.0 Å². The van der Waals surface area contributed by atoms with Gasteiger partial charge in [0.2, 0.25) is 0 Å². The van der Waals surface area contributed by atoms with Gasteiger partial charge in [0.05, 0.1) is 0 Å². The number of rotatable bonds is 3. The second-order valence-corrected chi connectivity index (χ2v) is 7.85. The van der Waals surface area contributed by atoms with Crippen LogP contribution < -0.4 is 14.7 Å². The Balaban J connectivity index is 1.38. The van der Waals surface area contributed by atoms with E-state index in [-0.39, 0.29) is 0 Å². The van der Waals surface area contributed by atoms with E-state index in [1.165, 1.54) is 11.3 Å². The van der Waals surface area contributed by atoms with E-state index in [0.717, 1.165) is 55.9 Å². The predicted molar refractivity (Wildman–Crippen MR) is 117 cm³/mol. The van der Waals surface area contributed by atoms with Gasteiger partial charge in [0, 0.05) is 50.2 Å². The van der Waals surface area contributed by atoms with Gasteiger partial charge in [0.15, 0.2) is 0 Å². The Labute approximate surface area is 171 Å². The van der Waals surface area contributed by atoms with E-state index in [0.29, 0.717) is 6.04 Å². The highest BCUT2D eigenvalue weighted by molar-refractivity contribution is 5.70. The third kappa shape index (κ3) is 3.39. The van der Waals surface area contributed by atoms with Crippen LogP contribution in [-0.2, 0) is 6.42 Å². The molecular formula is C23H26N6. The summed E-state index contributed by atoms with van der Waals surface area (Å²) >= 11 is 0. The van der Waals surface area contributed by atoms with Crippen molar-refractivity contribution in [2.75, 3.05) is 40.9 Å². The first-order valence-electron chi connectivity index (χ1n) is 10.3. The molecule has 6 heteroatoms. The van der Waals surface area contributed by atoms with E-state index < -0.39 is 0 Å². The summed E-state index contributed by atoms with van der Waals surface area (Å²) in [6.07, 6.45) is 2.91. The zero-order valence-corrected chi connectivity index (χ0v) is 17.0. The monoisotopic (exact) mass is 386 g/mol. The lowest BCUT2D eigenvalue weighted by molar-refractivity contribution is 0.639.